The first kappa shape index (κ1) is 16.1. The van der Waals surface area contributed by atoms with Crippen molar-refractivity contribution in [2.75, 3.05) is 6.79 Å². The monoisotopic (exact) mass is 372 g/mol. The SMILES string of the molecule is O=C1OC(c2ccc([N+](=O)[O-])cc2Cl)=N/C1=C/c1ccc2c(c1)OCO2. The molecule has 4 rings (SSSR count). The molecule has 0 saturated carbocycles. The van der Waals surface area contributed by atoms with Gasteiger partial charge in [-0.1, -0.05) is 17.7 Å². The fourth-order valence-electron chi connectivity index (χ4n) is 2.48. The predicted octanol–water partition coefficient (Wildman–Crippen LogP) is 3.32. The van der Waals surface area contributed by atoms with E-state index in [1.807, 2.05) is 0 Å². The maximum atomic E-state index is 12.1. The van der Waals surface area contributed by atoms with E-state index in [-0.39, 0.29) is 29.1 Å². The number of fused-ring (bicyclic) bond motifs is 1. The van der Waals surface area contributed by atoms with Crippen molar-refractivity contribution in [2.45, 2.75) is 0 Å². The van der Waals surface area contributed by atoms with Crippen LogP contribution >= 0.6 is 11.6 Å². The maximum Gasteiger partial charge on any atom is 0.363 e. The lowest BCUT2D eigenvalue weighted by Gasteiger charge is -2.02. The number of ether oxygens (including phenoxy) is 3. The van der Waals surface area contributed by atoms with Crippen LogP contribution in [-0.4, -0.2) is 23.6 Å². The van der Waals surface area contributed by atoms with Gasteiger partial charge >= 0.3 is 5.97 Å². The van der Waals surface area contributed by atoms with Crippen LogP contribution in [0.4, 0.5) is 5.69 Å². The third kappa shape index (κ3) is 2.86. The van der Waals surface area contributed by atoms with Gasteiger partial charge in [0.1, 0.15) is 0 Å². The average molecular weight is 373 g/mol. The molecule has 130 valence electrons. The van der Waals surface area contributed by atoms with E-state index in [1.165, 1.54) is 24.3 Å². The molecule has 2 heterocycles. The van der Waals surface area contributed by atoms with Crippen LogP contribution in [0, 0.1) is 10.1 Å². The van der Waals surface area contributed by atoms with Gasteiger partial charge in [0.25, 0.3) is 5.69 Å². The molecule has 8 nitrogen and oxygen atoms in total. The molecule has 2 aromatic carbocycles. The number of carbonyl (C=O) groups is 1. The Morgan fingerprint density at radius 2 is 1.96 bits per heavy atom. The Morgan fingerprint density at radius 3 is 2.73 bits per heavy atom. The topological polar surface area (TPSA) is 100 Å². The van der Waals surface area contributed by atoms with Gasteiger partial charge < -0.3 is 14.2 Å². The molecule has 0 N–H and O–H groups in total. The molecule has 0 saturated heterocycles. The van der Waals surface area contributed by atoms with Crippen molar-refractivity contribution in [3.05, 3.63) is 68.4 Å². The Kier molecular flexibility index (Phi) is 3.81. The summed E-state index contributed by atoms with van der Waals surface area (Å²) in [6.07, 6.45) is 1.54. The summed E-state index contributed by atoms with van der Waals surface area (Å²) in [5.74, 6) is 0.547. The molecular formula is C17H9ClN2O6. The number of rotatable bonds is 3. The Labute approximate surface area is 151 Å². The summed E-state index contributed by atoms with van der Waals surface area (Å²) in [5, 5.41) is 10.8. The van der Waals surface area contributed by atoms with Crippen LogP contribution in [0.5, 0.6) is 11.5 Å². The van der Waals surface area contributed by atoms with Crippen molar-refractivity contribution in [1.82, 2.24) is 0 Å². The third-order valence-corrected chi connectivity index (χ3v) is 4.03. The zero-order valence-electron chi connectivity index (χ0n) is 13.0. The van der Waals surface area contributed by atoms with Gasteiger partial charge in [-0.25, -0.2) is 9.79 Å². The second-order valence-corrected chi connectivity index (χ2v) is 5.78. The Balaban J connectivity index is 1.66. The minimum Gasteiger partial charge on any atom is -0.454 e. The molecule has 0 amide bonds. The minimum atomic E-state index is -0.646. The number of cyclic esters (lactones) is 1. The number of halogens is 1. The van der Waals surface area contributed by atoms with E-state index in [4.69, 9.17) is 25.8 Å². The normalized spacial score (nSPS) is 16.6. The van der Waals surface area contributed by atoms with Crippen LogP contribution in [0.2, 0.25) is 5.02 Å². The van der Waals surface area contributed by atoms with Crippen molar-refractivity contribution in [2.24, 2.45) is 4.99 Å². The highest BCUT2D eigenvalue weighted by Crippen LogP contribution is 2.33. The molecular weight excluding hydrogens is 364 g/mol. The molecule has 2 aromatic rings. The number of non-ortho nitro benzene ring substituents is 1. The molecule has 2 aliphatic rings. The summed E-state index contributed by atoms with van der Waals surface area (Å²) in [6.45, 7) is 0.151. The molecule has 0 aromatic heterocycles. The summed E-state index contributed by atoms with van der Waals surface area (Å²) in [4.78, 5) is 26.4. The smallest absolute Gasteiger partial charge is 0.363 e. The zero-order chi connectivity index (χ0) is 18.3. The largest absolute Gasteiger partial charge is 0.454 e. The van der Waals surface area contributed by atoms with Crippen molar-refractivity contribution < 1.29 is 23.9 Å². The van der Waals surface area contributed by atoms with Crippen LogP contribution in [0.25, 0.3) is 6.08 Å². The molecule has 0 aliphatic carbocycles. The Hall–Kier alpha value is -3.39. The van der Waals surface area contributed by atoms with Crippen molar-refractivity contribution in [3.63, 3.8) is 0 Å². The van der Waals surface area contributed by atoms with E-state index in [0.717, 1.165) is 0 Å². The maximum absolute atomic E-state index is 12.1. The zero-order valence-corrected chi connectivity index (χ0v) is 13.7. The predicted molar refractivity (Wildman–Crippen MR) is 91.3 cm³/mol. The lowest BCUT2D eigenvalue weighted by Crippen LogP contribution is -2.06. The highest BCUT2D eigenvalue weighted by Gasteiger charge is 2.26. The Morgan fingerprint density at radius 1 is 1.15 bits per heavy atom. The van der Waals surface area contributed by atoms with Gasteiger partial charge in [0, 0.05) is 12.1 Å². The number of aliphatic imine (C=N–C) groups is 1. The lowest BCUT2D eigenvalue weighted by molar-refractivity contribution is -0.384. The number of carbonyl (C=O) groups excluding carboxylic acids is 1. The van der Waals surface area contributed by atoms with E-state index < -0.39 is 10.9 Å². The van der Waals surface area contributed by atoms with Gasteiger partial charge in [-0.05, 0) is 29.8 Å². The van der Waals surface area contributed by atoms with Crippen LogP contribution < -0.4 is 9.47 Å². The first-order chi connectivity index (χ1) is 12.5. The fourth-order valence-corrected chi connectivity index (χ4v) is 2.73. The quantitative estimate of drug-likeness (QED) is 0.354. The molecule has 2 aliphatic heterocycles. The molecule has 0 atom stereocenters. The number of esters is 1. The van der Waals surface area contributed by atoms with Gasteiger partial charge in [-0.2, -0.15) is 0 Å². The van der Waals surface area contributed by atoms with Gasteiger partial charge in [0.05, 0.1) is 15.5 Å². The number of nitro groups is 1. The van der Waals surface area contributed by atoms with Crippen molar-refractivity contribution >= 4 is 35.2 Å². The average Bonchev–Trinajstić information content (AvgIpc) is 3.21. The summed E-state index contributed by atoms with van der Waals surface area (Å²) in [5.41, 5.74) is 0.883. The standard InChI is InChI=1S/C17H9ClN2O6/c18-12-7-10(20(22)23)2-3-11(12)16-19-13(17(21)26-16)5-9-1-4-14-15(6-9)25-8-24-14/h1-7H,8H2/b13-5+. The van der Waals surface area contributed by atoms with E-state index >= 15 is 0 Å². The van der Waals surface area contributed by atoms with Crippen LogP contribution in [0.1, 0.15) is 11.1 Å². The molecule has 0 radical (unpaired) electrons. The van der Waals surface area contributed by atoms with Gasteiger partial charge in [0.15, 0.2) is 17.2 Å². The Bertz CT molecular complexity index is 1010. The molecule has 9 heteroatoms. The summed E-state index contributed by atoms with van der Waals surface area (Å²) in [6, 6.07) is 9.02. The second kappa shape index (κ2) is 6.16. The number of hydrogen-bond donors (Lipinski definition) is 0. The van der Waals surface area contributed by atoms with Gasteiger partial charge in [-0.3, -0.25) is 10.1 Å². The van der Waals surface area contributed by atoms with Gasteiger partial charge in [-0.15, -0.1) is 0 Å². The third-order valence-electron chi connectivity index (χ3n) is 3.71. The number of nitro benzene ring substituents is 1. The molecule has 0 bridgehead atoms. The second-order valence-electron chi connectivity index (χ2n) is 5.37. The van der Waals surface area contributed by atoms with Crippen LogP contribution in [0.15, 0.2) is 47.1 Å². The minimum absolute atomic E-state index is 0.0121. The summed E-state index contributed by atoms with van der Waals surface area (Å²) in [7, 11) is 0. The first-order valence-corrected chi connectivity index (χ1v) is 7.75. The van der Waals surface area contributed by atoms with Gasteiger partial charge in [0.2, 0.25) is 12.7 Å². The summed E-state index contributed by atoms with van der Waals surface area (Å²) < 4.78 is 15.7. The lowest BCUT2D eigenvalue weighted by atomic mass is 10.1. The molecule has 0 spiro atoms. The summed E-state index contributed by atoms with van der Waals surface area (Å²) >= 11 is 6.05. The molecule has 26 heavy (non-hydrogen) atoms. The van der Waals surface area contributed by atoms with Crippen molar-refractivity contribution in [1.29, 1.82) is 0 Å². The molecule has 0 unspecified atom stereocenters. The number of benzene rings is 2. The highest BCUT2D eigenvalue weighted by atomic mass is 35.5. The van der Waals surface area contributed by atoms with Crippen LogP contribution in [-0.2, 0) is 9.53 Å². The first-order valence-electron chi connectivity index (χ1n) is 7.38. The van der Waals surface area contributed by atoms with Crippen LogP contribution in [0.3, 0.4) is 0 Å². The van der Waals surface area contributed by atoms with E-state index in [0.29, 0.717) is 22.6 Å². The van der Waals surface area contributed by atoms with E-state index in [2.05, 4.69) is 4.99 Å². The fraction of sp³-hybridized carbons (Fsp3) is 0.0588. The highest BCUT2D eigenvalue weighted by molar-refractivity contribution is 6.34. The molecule has 0 fully saturated rings. The van der Waals surface area contributed by atoms with E-state index in [1.54, 1.807) is 18.2 Å². The van der Waals surface area contributed by atoms with Crippen molar-refractivity contribution in [3.8, 4) is 11.5 Å². The number of nitrogens with zero attached hydrogens (tertiary/aromatic N) is 2. The van der Waals surface area contributed by atoms with E-state index in [9.17, 15) is 14.9 Å². The number of hydrogen-bond acceptors (Lipinski definition) is 7.